The van der Waals surface area contributed by atoms with Gasteiger partial charge in [-0.25, -0.2) is 0 Å². The van der Waals surface area contributed by atoms with E-state index in [-0.39, 0.29) is 6.61 Å². The molecule has 2 nitrogen and oxygen atoms in total. The summed E-state index contributed by atoms with van der Waals surface area (Å²) in [6.45, 7) is 5.23. The molecule has 0 unspecified atom stereocenters. The summed E-state index contributed by atoms with van der Waals surface area (Å²) in [4.78, 5) is 0. The topological polar surface area (TPSA) is 32.3 Å². The van der Waals surface area contributed by atoms with Crippen LogP contribution in [0.3, 0.4) is 0 Å². The maximum atomic E-state index is 8.92. The molecule has 0 aromatic heterocycles. The zero-order valence-electron chi connectivity index (χ0n) is 8.25. The van der Waals surface area contributed by atoms with Crippen molar-refractivity contribution in [1.82, 2.24) is 5.32 Å². The molecule has 13 heavy (non-hydrogen) atoms. The van der Waals surface area contributed by atoms with Crippen molar-refractivity contribution in [2.45, 2.75) is 33.0 Å². The van der Waals surface area contributed by atoms with E-state index in [1.54, 1.807) is 0 Å². The minimum atomic E-state index is 0.121. The van der Waals surface area contributed by atoms with Gasteiger partial charge in [0.05, 0.1) is 6.61 Å². The number of aliphatic hydroxyl groups is 1. The number of hydrogen-bond donors (Lipinski definition) is 2. The third-order valence-corrected chi connectivity index (χ3v) is 1.89. The molecule has 0 radical (unpaired) electrons. The van der Waals surface area contributed by atoms with Crippen molar-refractivity contribution in [3.8, 4) is 0 Å². The molecule has 0 atom stereocenters. The van der Waals surface area contributed by atoms with Crippen molar-refractivity contribution in [3.63, 3.8) is 0 Å². The highest BCUT2D eigenvalue weighted by Gasteiger charge is 1.96. The predicted octanol–water partition coefficient (Wildman–Crippen LogP) is 1.68. The molecular formula is C11H17NO. The van der Waals surface area contributed by atoms with E-state index in [9.17, 15) is 0 Å². The SMILES string of the molecule is CC(C)NCc1cccc(CO)c1. The van der Waals surface area contributed by atoms with Gasteiger partial charge in [0.1, 0.15) is 0 Å². The molecular weight excluding hydrogens is 162 g/mol. The summed E-state index contributed by atoms with van der Waals surface area (Å²) in [5.74, 6) is 0. The molecule has 0 fully saturated rings. The van der Waals surface area contributed by atoms with Crippen LogP contribution in [0.15, 0.2) is 24.3 Å². The molecule has 0 aliphatic heterocycles. The summed E-state index contributed by atoms with van der Waals surface area (Å²) >= 11 is 0. The third kappa shape index (κ3) is 3.57. The first-order chi connectivity index (χ1) is 6.22. The smallest absolute Gasteiger partial charge is 0.0681 e. The molecule has 0 bridgehead atoms. The van der Waals surface area contributed by atoms with Gasteiger partial charge in [0.25, 0.3) is 0 Å². The van der Waals surface area contributed by atoms with Crippen LogP contribution in [0.5, 0.6) is 0 Å². The fourth-order valence-electron chi connectivity index (χ4n) is 1.16. The predicted molar refractivity (Wildman–Crippen MR) is 54.3 cm³/mol. The lowest BCUT2D eigenvalue weighted by Gasteiger charge is -2.08. The van der Waals surface area contributed by atoms with Crippen molar-refractivity contribution in [2.24, 2.45) is 0 Å². The molecule has 0 spiro atoms. The molecule has 0 heterocycles. The lowest BCUT2D eigenvalue weighted by Crippen LogP contribution is -2.21. The highest BCUT2D eigenvalue weighted by Crippen LogP contribution is 2.04. The lowest BCUT2D eigenvalue weighted by molar-refractivity contribution is 0.281. The van der Waals surface area contributed by atoms with Gasteiger partial charge in [-0.1, -0.05) is 38.1 Å². The van der Waals surface area contributed by atoms with Crippen LogP contribution < -0.4 is 5.32 Å². The van der Waals surface area contributed by atoms with Gasteiger partial charge in [-0.05, 0) is 11.1 Å². The zero-order valence-corrected chi connectivity index (χ0v) is 8.25. The van der Waals surface area contributed by atoms with E-state index in [1.807, 2.05) is 18.2 Å². The zero-order chi connectivity index (χ0) is 9.68. The Balaban J connectivity index is 2.56. The van der Waals surface area contributed by atoms with Crippen LogP contribution in [-0.2, 0) is 13.2 Å². The van der Waals surface area contributed by atoms with Gasteiger partial charge in [0.15, 0.2) is 0 Å². The maximum Gasteiger partial charge on any atom is 0.0681 e. The Labute approximate surface area is 79.6 Å². The van der Waals surface area contributed by atoms with Gasteiger partial charge in [-0.3, -0.25) is 0 Å². The van der Waals surface area contributed by atoms with Crippen LogP contribution in [0.4, 0.5) is 0 Å². The molecule has 0 aliphatic carbocycles. The quantitative estimate of drug-likeness (QED) is 0.737. The molecule has 72 valence electrons. The Kier molecular flexibility index (Phi) is 3.93. The van der Waals surface area contributed by atoms with Crippen LogP contribution in [0.25, 0.3) is 0 Å². The van der Waals surface area contributed by atoms with Crippen molar-refractivity contribution >= 4 is 0 Å². The maximum absolute atomic E-state index is 8.92. The molecule has 0 saturated heterocycles. The van der Waals surface area contributed by atoms with Crippen LogP contribution in [0.2, 0.25) is 0 Å². The molecule has 1 rings (SSSR count). The Morgan fingerprint density at radius 1 is 1.31 bits per heavy atom. The molecule has 0 aliphatic rings. The second kappa shape index (κ2) is 5.00. The summed E-state index contributed by atoms with van der Waals surface area (Å²) in [6, 6.07) is 8.49. The number of aliphatic hydroxyl groups excluding tert-OH is 1. The second-order valence-electron chi connectivity index (χ2n) is 3.51. The number of benzene rings is 1. The lowest BCUT2D eigenvalue weighted by atomic mass is 10.1. The van der Waals surface area contributed by atoms with E-state index in [1.165, 1.54) is 5.56 Å². The van der Waals surface area contributed by atoms with Crippen LogP contribution in [-0.4, -0.2) is 11.1 Å². The average molecular weight is 179 g/mol. The summed E-state index contributed by atoms with van der Waals surface area (Å²) in [5.41, 5.74) is 2.20. The van der Waals surface area contributed by atoms with Gasteiger partial charge in [-0.2, -0.15) is 0 Å². The molecule has 2 N–H and O–H groups in total. The summed E-state index contributed by atoms with van der Waals surface area (Å²) < 4.78 is 0. The van der Waals surface area contributed by atoms with E-state index in [0.29, 0.717) is 6.04 Å². The first kappa shape index (κ1) is 10.2. The average Bonchev–Trinajstić information content (AvgIpc) is 2.15. The second-order valence-corrected chi connectivity index (χ2v) is 3.51. The summed E-state index contributed by atoms with van der Waals surface area (Å²) in [5, 5.41) is 12.3. The third-order valence-electron chi connectivity index (χ3n) is 1.89. The molecule has 2 heteroatoms. The Hall–Kier alpha value is -0.860. The van der Waals surface area contributed by atoms with Crippen LogP contribution in [0, 0.1) is 0 Å². The van der Waals surface area contributed by atoms with E-state index in [2.05, 4.69) is 25.2 Å². The van der Waals surface area contributed by atoms with E-state index < -0.39 is 0 Å². The van der Waals surface area contributed by atoms with Gasteiger partial charge in [0, 0.05) is 12.6 Å². The Morgan fingerprint density at radius 3 is 2.62 bits per heavy atom. The van der Waals surface area contributed by atoms with Gasteiger partial charge >= 0.3 is 0 Å². The van der Waals surface area contributed by atoms with Gasteiger partial charge in [-0.15, -0.1) is 0 Å². The fraction of sp³-hybridized carbons (Fsp3) is 0.455. The van der Waals surface area contributed by atoms with E-state index >= 15 is 0 Å². The highest BCUT2D eigenvalue weighted by molar-refractivity contribution is 5.22. The summed E-state index contributed by atoms with van der Waals surface area (Å²) in [6.07, 6.45) is 0. The van der Waals surface area contributed by atoms with Crippen molar-refractivity contribution < 1.29 is 5.11 Å². The van der Waals surface area contributed by atoms with E-state index in [4.69, 9.17) is 5.11 Å². The number of rotatable bonds is 4. The fourth-order valence-corrected chi connectivity index (χ4v) is 1.16. The van der Waals surface area contributed by atoms with Crippen LogP contribution >= 0.6 is 0 Å². The van der Waals surface area contributed by atoms with Gasteiger partial charge < -0.3 is 10.4 Å². The Bertz CT molecular complexity index is 258. The number of hydrogen-bond acceptors (Lipinski definition) is 2. The van der Waals surface area contributed by atoms with Crippen LogP contribution in [0.1, 0.15) is 25.0 Å². The largest absolute Gasteiger partial charge is 0.392 e. The summed E-state index contributed by atoms with van der Waals surface area (Å²) in [7, 11) is 0. The first-order valence-corrected chi connectivity index (χ1v) is 4.64. The molecule has 0 saturated carbocycles. The molecule has 0 amide bonds. The number of nitrogens with one attached hydrogen (secondary N) is 1. The standard InChI is InChI=1S/C11H17NO/c1-9(2)12-7-10-4-3-5-11(6-10)8-13/h3-6,9,12-13H,7-8H2,1-2H3. The monoisotopic (exact) mass is 179 g/mol. The highest BCUT2D eigenvalue weighted by atomic mass is 16.3. The molecule has 1 aromatic carbocycles. The minimum Gasteiger partial charge on any atom is -0.392 e. The Morgan fingerprint density at radius 2 is 2.00 bits per heavy atom. The molecule has 1 aromatic rings. The first-order valence-electron chi connectivity index (χ1n) is 4.64. The minimum absolute atomic E-state index is 0.121. The van der Waals surface area contributed by atoms with Crippen molar-refractivity contribution in [1.29, 1.82) is 0 Å². The van der Waals surface area contributed by atoms with Gasteiger partial charge in [0.2, 0.25) is 0 Å². The van der Waals surface area contributed by atoms with Crippen molar-refractivity contribution in [3.05, 3.63) is 35.4 Å². The van der Waals surface area contributed by atoms with E-state index in [0.717, 1.165) is 12.1 Å². The van der Waals surface area contributed by atoms with Crippen molar-refractivity contribution in [2.75, 3.05) is 0 Å². The normalized spacial score (nSPS) is 10.8.